The molecule has 0 fully saturated rings. The highest BCUT2D eigenvalue weighted by atomic mass is 35.5. The molecule has 1 aromatic heterocycles. The van der Waals surface area contributed by atoms with E-state index in [4.69, 9.17) is 17.3 Å². The third-order valence-electron chi connectivity index (χ3n) is 2.82. The van der Waals surface area contributed by atoms with Gasteiger partial charge < -0.3 is 15.6 Å². The summed E-state index contributed by atoms with van der Waals surface area (Å²) in [4.78, 5) is 12.2. The summed E-state index contributed by atoms with van der Waals surface area (Å²) < 4.78 is 14.9. The van der Waals surface area contributed by atoms with E-state index in [9.17, 15) is 9.18 Å². The van der Waals surface area contributed by atoms with Gasteiger partial charge in [0.25, 0.3) is 5.91 Å². The molecule has 2 rings (SSSR count). The van der Waals surface area contributed by atoms with Crippen molar-refractivity contribution in [2.75, 3.05) is 11.1 Å². The number of hydrogen-bond acceptors (Lipinski definition) is 2. The lowest BCUT2D eigenvalue weighted by molar-refractivity contribution is 0.101. The number of carbonyl (C=O) groups excluding carboxylic acids is 1. The number of nitrogens with two attached hydrogens (primary N) is 1. The van der Waals surface area contributed by atoms with Gasteiger partial charge >= 0.3 is 0 Å². The molecule has 0 bridgehead atoms. The SMILES string of the molecule is CCCn1cc(Cl)cc1C(=O)Nc1cc(F)ccc1N. The first-order valence-electron chi connectivity index (χ1n) is 6.23. The number of amides is 1. The van der Waals surface area contributed by atoms with Crippen LogP contribution in [0.15, 0.2) is 30.5 Å². The summed E-state index contributed by atoms with van der Waals surface area (Å²) in [5.74, 6) is -0.834. The van der Waals surface area contributed by atoms with Crippen LogP contribution < -0.4 is 11.1 Å². The molecule has 0 saturated heterocycles. The minimum absolute atomic E-state index is 0.246. The number of nitrogens with one attached hydrogen (secondary N) is 1. The molecule has 0 aliphatic carbocycles. The zero-order valence-corrected chi connectivity index (χ0v) is 11.7. The van der Waals surface area contributed by atoms with Crippen LogP contribution in [0.4, 0.5) is 15.8 Å². The summed E-state index contributed by atoms with van der Waals surface area (Å²) in [6.07, 6.45) is 2.56. The Balaban J connectivity index is 2.26. The molecule has 106 valence electrons. The van der Waals surface area contributed by atoms with Gasteiger partial charge in [-0.25, -0.2) is 4.39 Å². The number of rotatable bonds is 4. The van der Waals surface area contributed by atoms with Crippen molar-refractivity contribution in [1.82, 2.24) is 4.57 Å². The smallest absolute Gasteiger partial charge is 0.272 e. The van der Waals surface area contributed by atoms with Crippen LogP contribution in [0, 0.1) is 5.82 Å². The first-order valence-corrected chi connectivity index (χ1v) is 6.61. The lowest BCUT2D eigenvalue weighted by Gasteiger charge is -2.10. The normalized spacial score (nSPS) is 10.6. The Kier molecular flexibility index (Phi) is 4.29. The quantitative estimate of drug-likeness (QED) is 0.848. The first kappa shape index (κ1) is 14.4. The van der Waals surface area contributed by atoms with Crippen LogP contribution in [0.1, 0.15) is 23.8 Å². The summed E-state index contributed by atoms with van der Waals surface area (Å²) >= 11 is 5.92. The highest BCUT2D eigenvalue weighted by Crippen LogP contribution is 2.21. The van der Waals surface area contributed by atoms with E-state index in [1.165, 1.54) is 18.2 Å². The van der Waals surface area contributed by atoms with Crippen molar-refractivity contribution in [1.29, 1.82) is 0 Å². The third-order valence-corrected chi connectivity index (χ3v) is 3.03. The number of aryl methyl sites for hydroxylation is 1. The van der Waals surface area contributed by atoms with Gasteiger partial charge in [0.2, 0.25) is 0 Å². The molecule has 20 heavy (non-hydrogen) atoms. The Morgan fingerprint density at radius 1 is 1.45 bits per heavy atom. The standard InChI is InChI=1S/C14H15ClFN3O/c1-2-5-19-8-9(15)6-13(19)14(20)18-12-7-10(16)3-4-11(12)17/h3-4,6-8H,2,5,17H2,1H3,(H,18,20). The number of halogens is 2. The second-order valence-electron chi connectivity index (χ2n) is 4.42. The second-order valence-corrected chi connectivity index (χ2v) is 4.86. The first-order chi connectivity index (χ1) is 9.51. The largest absolute Gasteiger partial charge is 0.397 e. The molecule has 0 unspecified atom stereocenters. The lowest BCUT2D eigenvalue weighted by atomic mass is 10.2. The minimum atomic E-state index is -0.462. The highest BCUT2D eigenvalue weighted by molar-refractivity contribution is 6.31. The van der Waals surface area contributed by atoms with Crippen molar-refractivity contribution in [3.8, 4) is 0 Å². The molecule has 1 heterocycles. The van der Waals surface area contributed by atoms with Gasteiger partial charge in [0.05, 0.1) is 16.4 Å². The van der Waals surface area contributed by atoms with Crippen molar-refractivity contribution in [3.63, 3.8) is 0 Å². The van der Waals surface area contributed by atoms with Gasteiger partial charge in [-0.3, -0.25) is 4.79 Å². The van der Waals surface area contributed by atoms with E-state index >= 15 is 0 Å². The van der Waals surface area contributed by atoms with Gasteiger partial charge in [-0.1, -0.05) is 18.5 Å². The molecule has 0 saturated carbocycles. The van der Waals surface area contributed by atoms with Gasteiger partial charge in [0, 0.05) is 12.7 Å². The van der Waals surface area contributed by atoms with Crippen molar-refractivity contribution < 1.29 is 9.18 Å². The van der Waals surface area contributed by atoms with E-state index in [0.717, 1.165) is 6.42 Å². The summed E-state index contributed by atoms with van der Waals surface area (Å²) in [7, 11) is 0. The molecule has 0 radical (unpaired) electrons. The number of hydrogen-bond donors (Lipinski definition) is 2. The molecule has 1 aromatic carbocycles. The third kappa shape index (κ3) is 3.11. The van der Waals surface area contributed by atoms with Gasteiger partial charge in [-0.2, -0.15) is 0 Å². The average molecular weight is 296 g/mol. The second kappa shape index (κ2) is 5.96. The van der Waals surface area contributed by atoms with Crippen LogP contribution in [0.3, 0.4) is 0 Å². The molecule has 3 N–H and O–H groups in total. The monoisotopic (exact) mass is 295 g/mol. The van der Waals surface area contributed by atoms with E-state index in [1.807, 2.05) is 6.92 Å². The molecule has 0 aliphatic rings. The van der Waals surface area contributed by atoms with Crippen LogP contribution >= 0.6 is 11.6 Å². The molecule has 4 nitrogen and oxygen atoms in total. The minimum Gasteiger partial charge on any atom is -0.397 e. The van der Waals surface area contributed by atoms with E-state index < -0.39 is 5.82 Å². The Labute approximate surface area is 121 Å². The van der Waals surface area contributed by atoms with Crippen molar-refractivity contribution in [3.05, 3.63) is 47.0 Å². The Morgan fingerprint density at radius 2 is 2.20 bits per heavy atom. The summed E-state index contributed by atoms with van der Waals surface area (Å²) in [6.45, 7) is 2.67. The summed E-state index contributed by atoms with van der Waals surface area (Å²) in [5.41, 5.74) is 6.67. The summed E-state index contributed by atoms with van der Waals surface area (Å²) in [5, 5.41) is 3.08. The molecule has 1 amide bonds. The van der Waals surface area contributed by atoms with Gasteiger partial charge in [0.15, 0.2) is 0 Å². The molecular weight excluding hydrogens is 281 g/mol. The van der Waals surface area contributed by atoms with Gasteiger partial charge in [0.1, 0.15) is 11.5 Å². The van der Waals surface area contributed by atoms with E-state index in [0.29, 0.717) is 22.9 Å². The van der Waals surface area contributed by atoms with E-state index in [-0.39, 0.29) is 11.6 Å². The number of anilines is 2. The Morgan fingerprint density at radius 3 is 2.90 bits per heavy atom. The predicted molar refractivity (Wildman–Crippen MR) is 78.5 cm³/mol. The van der Waals surface area contributed by atoms with Gasteiger partial charge in [-0.15, -0.1) is 0 Å². The van der Waals surface area contributed by atoms with Crippen LogP contribution in [0.2, 0.25) is 5.02 Å². The molecule has 0 aliphatic heterocycles. The predicted octanol–water partition coefficient (Wildman–Crippen LogP) is 3.53. The van der Waals surface area contributed by atoms with Crippen molar-refractivity contribution >= 4 is 28.9 Å². The van der Waals surface area contributed by atoms with Crippen LogP contribution in [0.25, 0.3) is 0 Å². The van der Waals surface area contributed by atoms with Crippen molar-refractivity contribution in [2.24, 2.45) is 0 Å². The zero-order chi connectivity index (χ0) is 14.7. The molecule has 2 aromatic rings. The molecule has 0 spiro atoms. The average Bonchev–Trinajstić information content (AvgIpc) is 2.75. The van der Waals surface area contributed by atoms with E-state index in [1.54, 1.807) is 16.8 Å². The van der Waals surface area contributed by atoms with Crippen LogP contribution in [0.5, 0.6) is 0 Å². The number of nitrogens with zero attached hydrogens (tertiary/aromatic N) is 1. The molecule has 0 atom stereocenters. The Hall–Kier alpha value is -2.01. The van der Waals surface area contributed by atoms with E-state index in [2.05, 4.69) is 5.32 Å². The zero-order valence-electron chi connectivity index (χ0n) is 11.0. The maximum atomic E-state index is 13.2. The maximum absolute atomic E-state index is 13.2. The molecule has 6 heteroatoms. The fourth-order valence-corrected chi connectivity index (χ4v) is 2.14. The fourth-order valence-electron chi connectivity index (χ4n) is 1.91. The molecular formula is C14H15ClFN3O. The van der Waals surface area contributed by atoms with Gasteiger partial charge in [-0.05, 0) is 30.7 Å². The number of carbonyl (C=O) groups is 1. The van der Waals surface area contributed by atoms with Crippen molar-refractivity contribution in [2.45, 2.75) is 19.9 Å². The highest BCUT2D eigenvalue weighted by Gasteiger charge is 2.14. The summed E-state index contributed by atoms with van der Waals surface area (Å²) in [6, 6.07) is 5.40. The topological polar surface area (TPSA) is 60.0 Å². The van der Waals surface area contributed by atoms with Crippen LogP contribution in [-0.4, -0.2) is 10.5 Å². The number of nitrogen functional groups attached to an aromatic ring is 1. The Bertz CT molecular complexity index is 639. The number of benzene rings is 1. The fraction of sp³-hybridized carbons (Fsp3) is 0.214. The number of aromatic nitrogens is 1. The van der Waals surface area contributed by atoms with Crippen LogP contribution in [-0.2, 0) is 6.54 Å². The lowest BCUT2D eigenvalue weighted by Crippen LogP contribution is -2.17. The maximum Gasteiger partial charge on any atom is 0.272 e.